The van der Waals surface area contributed by atoms with Crippen LogP contribution in [0.15, 0.2) is 23.0 Å². The summed E-state index contributed by atoms with van der Waals surface area (Å²) in [7, 11) is 0. The summed E-state index contributed by atoms with van der Waals surface area (Å²) < 4.78 is 4.97. The fourth-order valence-corrected chi connectivity index (χ4v) is 3.64. The second-order valence-corrected chi connectivity index (χ2v) is 7.04. The Morgan fingerprint density at radius 2 is 1.83 bits per heavy atom. The number of furan rings is 1. The molecule has 23 heavy (non-hydrogen) atoms. The molecule has 5 nitrogen and oxygen atoms in total. The zero-order valence-electron chi connectivity index (χ0n) is 13.8. The van der Waals surface area contributed by atoms with Crippen LogP contribution in [0.4, 0.5) is 0 Å². The molecule has 1 N–H and O–H groups in total. The summed E-state index contributed by atoms with van der Waals surface area (Å²) in [6.45, 7) is 3.57. The third-order valence-corrected chi connectivity index (χ3v) is 5.28. The second kappa shape index (κ2) is 7.20. The number of amides is 2. The van der Waals surface area contributed by atoms with Crippen LogP contribution in [0.3, 0.4) is 0 Å². The van der Waals surface area contributed by atoms with Crippen LogP contribution >= 0.6 is 0 Å². The monoisotopic (exact) mass is 318 g/mol. The van der Waals surface area contributed by atoms with Gasteiger partial charge in [0.15, 0.2) is 0 Å². The highest BCUT2D eigenvalue weighted by Crippen LogP contribution is 2.25. The Labute approximate surface area is 137 Å². The smallest absolute Gasteiger partial charge is 0.257 e. The molecule has 1 aliphatic carbocycles. The molecule has 1 saturated carbocycles. The van der Waals surface area contributed by atoms with Crippen LogP contribution in [-0.4, -0.2) is 35.8 Å². The molecule has 2 fully saturated rings. The van der Waals surface area contributed by atoms with E-state index in [1.165, 1.54) is 25.4 Å². The van der Waals surface area contributed by atoms with E-state index in [4.69, 9.17) is 4.42 Å². The molecule has 0 radical (unpaired) electrons. The van der Waals surface area contributed by atoms with Crippen LogP contribution in [-0.2, 0) is 4.79 Å². The minimum absolute atomic E-state index is 0.00104. The maximum Gasteiger partial charge on any atom is 0.257 e. The van der Waals surface area contributed by atoms with Crippen molar-refractivity contribution in [2.45, 2.75) is 51.5 Å². The van der Waals surface area contributed by atoms with Gasteiger partial charge in [-0.15, -0.1) is 0 Å². The third-order valence-electron chi connectivity index (χ3n) is 5.28. The first kappa shape index (κ1) is 16.1. The summed E-state index contributed by atoms with van der Waals surface area (Å²) in [5, 5.41) is 3.22. The molecule has 5 heteroatoms. The van der Waals surface area contributed by atoms with E-state index >= 15 is 0 Å². The summed E-state index contributed by atoms with van der Waals surface area (Å²) in [5.41, 5.74) is 0.587. The molecule has 0 bridgehead atoms. The minimum Gasteiger partial charge on any atom is -0.472 e. The lowest BCUT2D eigenvalue weighted by Crippen LogP contribution is -2.46. The molecule has 0 atom stereocenters. The Hall–Kier alpha value is -1.78. The number of hydrogen-bond acceptors (Lipinski definition) is 3. The SMILES string of the molecule is CC1CCC(NC(=O)C2CCN(C(=O)c3ccoc3)CC2)CC1. The van der Waals surface area contributed by atoms with Crippen molar-refractivity contribution in [1.29, 1.82) is 0 Å². The fourth-order valence-electron chi connectivity index (χ4n) is 3.64. The predicted molar refractivity (Wildman–Crippen MR) is 86.9 cm³/mol. The number of carbonyl (C=O) groups is 2. The topological polar surface area (TPSA) is 62.6 Å². The van der Waals surface area contributed by atoms with Crippen molar-refractivity contribution in [3.8, 4) is 0 Å². The summed E-state index contributed by atoms with van der Waals surface area (Å²) in [5.74, 6) is 1.02. The number of nitrogens with one attached hydrogen (secondary N) is 1. The average Bonchev–Trinajstić information content (AvgIpc) is 3.11. The van der Waals surface area contributed by atoms with Crippen molar-refractivity contribution < 1.29 is 14.0 Å². The van der Waals surface area contributed by atoms with Gasteiger partial charge in [-0.25, -0.2) is 0 Å². The van der Waals surface area contributed by atoms with Crippen molar-refractivity contribution in [2.24, 2.45) is 11.8 Å². The molecule has 1 saturated heterocycles. The van der Waals surface area contributed by atoms with E-state index in [1.54, 1.807) is 6.07 Å². The molecule has 2 amide bonds. The molecule has 0 unspecified atom stereocenters. The quantitative estimate of drug-likeness (QED) is 0.932. The number of nitrogens with zero attached hydrogens (tertiary/aromatic N) is 1. The summed E-state index contributed by atoms with van der Waals surface area (Å²) in [6, 6.07) is 2.04. The van der Waals surface area contributed by atoms with Gasteiger partial charge in [-0.2, -0.15) is 0 Å². The number of rotatable bonds is 3. The highest BCUT2D eigenvalue weighted by atomic mass is 16.3. The first-order valence-electron chi connectivity index (χ1n) is 8.75. The Balaban J connectivity index is 1.45. The largest absolute Gasteiger partial charge is 0.472 e. The van der Waals surface area contributed by atoms with E-state index < -0.39 is 0 Å². The Bertz CT molecular complexity index is 524. The average molecular weight is 318 g/mol. The van der Waals surface area contributed by atoms with Gasteiger partial charge in [0.2, 0.25) is 5.91 Å². The molecule has 1 aromatic heterocycles. The molecule has 3 rings (SSSR count). The fraction of sp³-hybridized carbons (Fsp3) is 0.667. The van der Waals surface area contributed by atoms with E-state index in [0.29, 0.717) is 24.7 Å². The predicted octanol–water partition coefficient (Wildman–Crippen LogP) is 2.83. The van der Waals surface area contributed by atoms with Crippen LogP contribution < -0.4 is 5.32 Å². The summed E-state index contributed by atoms with van der Waals surface area (Å²) >= 11 is 0. The van der Waals surface area contributed by atoms with Crippen molar-refractivity contribution in [2.75, 3.05) is 13.1 Å². The van der Waals surface area contributed by atoms with E-state index in [1.807, 2.05) is 4.90 Å². The van der Waals surface area contributed by atoms with Gasteiger partial charge in [-0.3, -0.25) is 9.59 Å². The Morgan fingerprint density at radius 3 is 2.43 bits per heavy atom. The van der Waals surface area contributed by atoms with Crippen LogP contribution in [0.25, 0.3) is 0 Å². The van der Waals surface area contributed by atoms with Gasteiger partial charge in [0.25, 0.3) is 5.91 Å². The van der Waals surface area contributed by atoms with E-state index in [9.17, 15) is 9.59 Å². The second-order valence-electron chi connectivity index (χ2n) is 7.04. The molecule has 0 spiro atoms. The van der Waals surface area contributed by atoms with Gasteiger partial charge in [0, 0.05) is 25.0 Å². The first-order chi connectivity index (χ1) is 11.1. The summed E-state index contributed by atoms with van der Waals surface area (Å²) in [4.78, 5) is 26.5. The molecule has 2 aliphatic rings. The summed E-state index contributed by atoms with van der Waals surface area (Å²) in [6.07, 6.45) is 9.11. The van der Waals surface area contributed by atoms with E-state index in [2.05, 4.69) is 12.2 Å². The Morgan fingerprint density at radius 1 is 1.13 bits per heavy atom. The van der Waals surface area contributed by atoms with E-state index in [0.717, 1.165) is 31.6 Å². The molecule has 0 aromatic carbocycles. The standard InChI is InChI=1S/C18H26N2O3/c1-13-2-4-16(5-3-13)19-17(21)14-6-9-20(10-7-14)18(22)15-8-11-23-12-15/h8,11-14,16H,2-7,9-10H2,1H3,(H,19,21). The lowest BCUT2D eigenvalue weighted by Gasteiger charge is -2.33. The van der Waals surface area contributed by atoms with Crippen LogP contribution in [0.1, 0.15) is 55.8 Å². The van der Waals surface area contributed by atoms with Crippen LogP contribution in [0.2, 0.25) is 0 Å². The zero-order valence-corrected chi connectivity index (χ0v) is 13.8. The normalized spacial score (nSPS) is 26.0. The van der Waals surface area contributed by atoms with Gasteiger partial charge in [-0.1, -0.05) is 6.92 Å². The van der Waals surface area contributed by atoms with Gasteiger partial charge in [0.1, 0.15) is 6.26 Å². The van der Waals surface area contributed by atoms with Gasteiger partial charge < -0.3 is 14.6 Å². The maximum absolute atomic E-state index is 12.4. The number of hydrogen-bond donors (Lipinski definition) is 1. The highest BCUT2D eigenvalue weighted by molar-refractivity contribution is 5.94. The molecule has 1 aliphatic heterocycles. The molecular formula is C18H26N2O3. The molecule has 126 valence electrons. The van der Waals surface area contributed by atoms with Crippen molar-refractivity contribution in [1.82, 2.24) is 10.2 Å². The van der Waals surface area contributed by atoms with E-state index in [-0.39, 0.29) is 17.7 Å². The minimum atomic E-state index is -0.00104. The van der Waals surface area contributed by atoms with Gasteiger partial charge in [0.05, 0.1) is 11.8 Å². The van der Waals surface area contributed by atoms with Crippen molar-refractivity contribution in [3.05, 3.63) is 24.2 Å². The lowest BCUT2D eigenvalue weighted by molar-refractivity contribution is -0.127. The van der Waals surface area contributed by atoms with Crippen LogP contribution in [0, 0.1) is 11.8 Å². The van der Waals surface area contributed by atoms with Crippen LogP contribution in [0.5, 0.6) is 0 Å². The Kier molecular flexibility index (Phi) is 5.03. The number of likely N-dealkylation sites (tertiary alicyclic amines) is 1. The lowest BCUT2D eigenvalue weighted by atomic mass is 9.86. The number of carbonyl (C=O) groups excluding carboxylic acids is 2. The van der Waals surface area contributed by atoms with Crippen molar-refractivity contribution in [3.63, 3.8) is 0 Å². The molecular weight excluding hydrogens is 292 g/mol. The first-order valence-corrected chi connectivity index (χ1v) is 8.75. The number of piperidine rings is 1. The van der Waals surface area contributed by atoms with Crippen molar-refractivity contribution >= 4 is 11.8 Å². The molecule has 1 aromatic rings. The van der Waals surface area contributed by atoms with Gasteiger partial charge >= 0.3 is 0 Å². The van der Waals surface area contributed by atoms with Gasteiger partial charge in [-0.05, 0) is 50.5 Å². The maximum atomic E-state index is 12.4. The zero-order chi connectivity index (χ0) is 16.2. The molecule has 2 heterocycles. The highest BCUT2D eigenvalue weighted by Gasteiger charge is 2.29. The third kappa shape index (κ3) is 3.95.